The van der Waals surface area contributed by atoms with Gasteiger partial charge in [0.25, 0.3) is 5.78 Å². The Labute approximate surface area is 169 Å². The molecule has 28 heavy (non-hydrogen) atoms. The first-order valence-corrected chi connectivity index (χ1v) is 10.8. The molecule has 0 amide bonds. The molecule has 0 saturated carbocycles. The van der Waals surface area contributed by atoms with E-state index in [1.807, 2.05) is 13.0 Å². The second-order valence-corrected chi connectivity index (χ2v) is 8.21. The maximum absolute atomic E-state index is 12.8. The Balaban J connectivity index is 1.41. The highest BCUT2D eigenvalue weighted by Gasteiger charge is 2.17. The SMILES string of the molecule is Cc1cc(C(=O)CSc2nc3ncccn3n2)c(C)n1CCC1=CCCCC1. The Morgan fingerprint density at radius 2 is 2.18 bits per heavy atom. The fraction of sp³-hybridized carbons (Fsp3) is 0.429. The minimum atomic E-state index is 0.119. The Morgan fingerprint density at radius 3 is 2.96 bits per heavy atom. The van der Waals surface area contributed by atoms with E-state index in [1.165, 1.54) is 37.4 Å². The fourth-order valence-corrected chi connectivity index (χ4v) is 4.50. The first-order valence-electron chi connectivity index (χ1n) is 9.80. The van der Waals surface area contributed by atoms with Gasteiger partial charge in [-0.25, -0.2) is 9.50 Å². The van der Waals surface area contributed by atoms with Crippen LogP contribution in [0, 0.1) is 13.8 Å². The number of fused-ring (bicyclic) bond motifs is 1. The number of ketones is 1. The maximum Gasteiger partial charge on any atom is 0.253 e. The van der Waals surface area contributed by atoms with Crippen LogP contribution >= 0.6 is 11.8 Å². The van der Waals surface area contributed by atoms with Crippen molar-refractivity contribution in [3.05, 3.63) is 53.1 Å². The lowest BCUT2D eigenvalue weighted by molar-refractivity contribution is 0.102. The van der Waals surface area contributed by atoms with Crippen LogP contribution in [0.2, 0.25) is 0 Å². The minimum Gasteiger partial charge on any atom is -0.348 e. The van der Waals surface area contributed by atoms with Gasteiger partial charge < -0.3 is 4.57 Å². The summed E-state index contributed by atoms with van der Waals surface area (Å²) in [5, 5.41) is 4.92. The monoisotopic (exact) mass is 395 g/mol. The van der Waals surface area contributed by atoms with Crippen LogP contribution in [-0.4, -0.2) is 35.7 Å². The average Bonchev–Trinajstić information content (AvgIpc) is 3.26. The topological polar surface area (TPSA) is 65.1 Å². The summed E-state index contributed by atoms with van der Waals surface area (Å²) in [6.07, 6.45) is 12.0. The number of carbonyl (C=O) groups is 1. The molecule has 0 bridgehead atoms. The second-order valence-electron chi connectivity index (χ2n) is 7.27. The lowest BCUT2D eigenvalue weighted by atomic mass is 9.97. The molecule has 0 aromatic carbocycles. The largest absolute Gasteiger partial charge is 0.348 e. The third-order valence-electron chi connectivity index (χ3n) is 5.35. The van der Waals surface area contributed by atoms with Gasteiger partial charge in [0.1, 0.15) is 0 Å². The highest BCUT2D eigenvalue weighted by atomic mass is 32.2. The molecule has 0 unspecified atom stereocenters. The zero-order valence-electron chi connectivity index (χ0n) is 16.4. The van der Waals surface area contributed by atoms with Gasteiger partial charge in [-0.05, 0) is 58.1 Å². The molecule has 146 valence electrons. The van der Waals surface area contributed by atoms with Crippen molar-refractivity contribution >= 4 is 23.3 Å². The van der Waals surface area contributed by atoms with Crippen molar-refractivity contribution in [2.45, 2.75) is 57.7 Å². The van der Waals surface area contributed by atoms with Gasteiger partial charge in [0.05, 0.1) is 5.75 Å². The standard InChI is InChI=1S/C21H25N5OS/c1-15-13-18(16(2)25(15)12-9-17-7-4-3-5-8-17)19(27)14-28-21-23-20-22-10-6-11-26(20)24-21/h6-7,10-11,13H,3-5,8-9,12,14H2,1-2H3. The van der Waals surface area contributed by atoms with E-state index in [4.69, 9.17) is 0 Å². The van der Waals surface area contributed by atoms with Gasteiger partial charge in [-0.2, -0.15) is 4.98 Å². The van der Waals surface area contributed by atoms with E-state index in [9.17, 15) is 4.79 Å². The van der Waals surface area contributed by atoms with Crippen LogP contribution in [0.4, 0.5) is 0 Å². The van der Waals surface area contributed by atoms with Gasteiger partial charge in [-0.15, -0.1) is 5.10 Å². The molecule has 1 aliphatic carbocycles. The summed E-state index contributed by atoms with van der Waals surface area (Å²) in [7, 11) is 0. The van der Waals surface area contributed by atoms with E-state index in [0.29, 0.717) is 16.7 Å². The highest BCUT2D eigenvalue weighted by molar-refractivity contribution is 7.99. The van der Waals surface area contributed by atoms with Crippen LogP contribution in [0.15, 0.2) is 41.3 Å². The summed E-state index contributed by atoms with van der Waals surface area (Å²) in [4.78, 5) is 21.3. The van der Waals surface area contributed by atoms with Crippen LogP contribution in [0.3, 0.4) is 0 Å². The Kier molecular flexibility index (Phi) is 5.62. The molecular formula is C21H25N5OS. The van der Waals surface area contributed by atoms with Crippen molar-refractivity contribution in [3.63, 3.8) is 0 Å². The number of allylic oxidation sites excluding steroid dienone is 2. The molecule has 0 N–H and O–H groups in total. The summed E-state index contributed by atoms with van der Waals surface area (Å²) in [6.45, 7) is 5.08. The first kappa shape index (κ1) is 18.9. The summed E-state index contributed by atoms with van der Waals surface area (Å²) in [5.74, 6) is 0.993. The lowest BCUT2D eigenvalue weighted by Crippen LogP contribution is -2.08. The number of aromatic nitrogens is 5. The molecule has 0 radical (unpaired) electrons. The van der Waals surface area contributed by atoms with Crippen LogP contribution in [0.1, 0.15) is 53.8 Å². The average molecular weight is 396 g/mol. The predicted octanol–water partition coefficient (Wildman–Crippen LogP) is 4.41. The van der Waals surface area contributed by atoms with Crippen molar-refractivity contribution < 1.29 is 4.79 Å². The zero-order chi connectivity index (χ0) is 19.5. The smallest absolute Gasteiger partial charge is 0.253 e. The molecule has 4 rings (SSSR count). The predicted molar refractivity (Wildman–Crippen MR) is 111 cm³/mol. The Hall–Kier alpha value is -2.41. The molecule has 3 aromatic rings. The normalized spacial score (nSPS) is 14.4. The number of hydrogen-bond donors (Lipinski definition) is 0. The molecule has 0 saturated heterocycles. The number of rotatable bonds is 7. The van der Waals surface area contributed by atoms with Crippen molar-refractivity contribution in [1.82, 2.24) is 24.1 Å². The van der Waals surface area contributed by atoms with Crippen molar-refractivity contribution in [2.24, 2.45) is 0 Å². The third kappa shape index (κ3) is 4.04. The van der Waals surface area contributed by atoms with Gasteiger partial charge in [0.2, 0.25) is 5.16 Å². The third-order valence-corrected chi connectivity index (χ3v) is 6.18. The van der Waals surface area contributed by atoms with Gasteiger partial charge in [0.15, 0.2) is 5.78 Å². The summed E-state index contributed by atoms with van der Waals surface area (Å²) in [5.41, 5.74) is 4.58. The van der Waals surface area contributed by atoms with E-state index in [1.54, 1.807) is 28.5 Å². The minimum absolute atomic E-state index is 0.119. The van der Waals surface area contributed by atoms with Crippen LogP contribution < -0.4 is 0 Å². The van der Waals surface area contributed by atoms with E-state index >= 15 is 0 Å². The van der Waals surface area contributed by atoms with Crippen molar-refractivity contribution in [2.75, 3.05) is 5.75 Å². The Morgan fingerprint density at radius 1 is 1.29 bits per heavy atom. The van der Waals surface area contributed by atoms with E-state index < -0.39 is 0 Å². The summed E-state index contributed by atoms with van der Waals surface area (Å²) < 4.78 is 3.90. The zero-order valence-corrected chi connectivity index (χ0v) is 17.2. The summed E-state index contributed by atoms with van der Waals surface area (Å²) in [6, 6.07) is 3.83. The molecule has 0 spiro atoms. The molecular weight excluding hydrogens is 370 g/mol. The highest BCUT2D eigenvalue weighted by Crippen LogP contribution is 2.24. The molecule has 6 nitrogen and oxygen atoms in total. The second kappa shape index (κ2) is 8.31. The Bertz CT molecular complexity index is 1000. The molecule has 0 fully saturated rings. The maximum atomic E-state index is 12.8. The van der Waals surface area contributed by atoms with Gasteiger partial charge in [0, 0.05) is 35.9 Å². The van der Waals surface area contributed by atoms with Crippen LogP contribution in [-0.2, 0) is 6.54 Å². The van der Waals surface area contributed by atoms with Gasteiger partial charge in [-0.1, -0.05) is 23.4 Å². The molecule has 1 aliphatic rings. The lowest BCUT2D eigenvalue weighted by Gasteiger charge is -2.15. The van der Waals surface area contributed by atoms with Gasteiger partial charge in [-0.3, -0.25) is 4.79 Å². The van der Waals surface area contributed by atoms with Gasteiger partial charge >= 0.3 is 0 Å². The quantitative estimate of drug-likeness (QED) is 0.337. The first-order chi connectivity index (χ1) is 13.6. The molecule has 0 atom stereocenters. The molecule has 0 aliphatic heterocycles. The summed E-state index contributed by atoms with van der Waals surface area (Å²) >= 11 is 1.36. The number of Topliss-reactive ketones (excluding diaryl/α,β-unsaturated/α-hetero) is 1. The number of carbonyl (C=O) groups excluding carboxylic acids is 1. The van der Waals surface area contributed by atoms with Crippen molar-refractivity contribution in [3.8, 4) is 0 Å². The number of nitrogens with zero attached hydrogens (tertiary/aromatic N) is 5. The van der Waals surface area contributed by atoms with Crippen molar-refractivity contribution in [1.29, 1.82) is 0 Å². The van der Waals surface area contributed by atoms with E-state index in [-0.39, 0.29) is 5.78 Å². The van der Waals surface area contributed by atoms with E-state index in [0.717, 1.165) is 29.9 Å². The molecule has 3 aromatic heterocycles. The van der Waals surface area contributed by atoms with Crippen LogP contribution in [0.25, 0.3) is 5.78 Å². The van der Waals surface area contributed by atoms with E-state index in [2.05, 4.69) is 32.6 Å². The number of thioether (sulfide) groups is 1. The van der Waals surface area contributed by atoms with Crippen LogP contribution in [0.5, 0.6) is 0 Å². The number of hydrogen-bond acceptors (Lipinski definition) is 5. The fourth-order valence-electron chi connectivity index (χ4n) is 3.80. The number of aryl methyl sites for hydroxylation is 1. The molecule has 7 heteroatoms. The molecule has 3 heterocycles.